The van der Waals surface area contributed by atoms with E-state index in [9.17, 15) is 0 Å². The van der Waals surface area contributed by atoms with Gasteiger partial charge in [-0.1, -0.05) is 12.2 Å². The van der Waals surface area contributed by atoms with Crippen LogP contribution in [0.4, 0.5) is 0 Å². The summed E-state index contributed by atoms with van der Waals surface area (Å²) < 4.78 is 5.93. The Morgan fingerprint density at radius 1 is 1.53 bits per heavy atom. The molecule has 0 spiro atoms. The van der Waals surface area contributed by atoms with E-state index in [1.165, 1.54) is 16.0 Å². The Bertz CT molecular complexity index is 444. The lowest BCUT2D eigenvalue weighted by Gasteiger charge is -2.28. The van der Waals surface area contributed by atoms with Gasteiger partial charge < -0.3 is 10.5 Å². The van der Waals surface area contributed by atoms with Crippen molar-refractivity contribution in [2.24, 2.45) is 5.73 Å². The van der Waals surface area contributed by atoms with Crippen molar-refractivity contribution in [1.82, 2.24) is 0 Å². The van der Waals surface area contributed by atoms with E-state index in [-0.39, 0.29) is 6.10 Å². The van der Waals surface area contributed by atoms with Crippen LogP contribution in [0.5, 0.6) is 0 Å². The van der Waals surface area contributed by atoms with Crippen LogP contribution >= 0.6 is 11.3 Å². The Labute approximate surface area is 93.1 Å². The van der Waals surface area contributed by atoms with E-state index in [2.05, 4.69) is 23.6 Å². The summed E-state index contributed by atoms with van der Waals surface area (Å²) in [4.78, 5) is 1.35. The van der Waals surface area contributed by atoms with E-state index in [1.807, 2.05) is 0 Å². The van der Waals surface area contributed by atoms with Crippen molar-refractivity contribution in [3.05, 3.63) is 39.8 Å². The Morgan fingerprint density at radius 2 is 2.47 bits per heavy atom. The summed E-state index contributed by atoms with van der Waals surface area (Å²) in [6.07, 6.45) is 6.56. The minimum atomic E-state index is 0.0662. The van der Waals surface area contributed by atoms with E-state index in [0.29, 0.717) is 6.54 Å². The fraction of sp³-hybridized carbons (Fsp3) is 0.333. The van der Waals surface area contributed by atoms with Crippen LogP contribution in [0.3, 0.4) is 0 Å². The largest absolute Gasteiger partial charge is 0.488 e. The number of fused-ring (bicyclic) bond motifs is 2. The number of hydrogen-bond donors (Lipinski definition) is 1. The molecule has 1 aromatic rings. The number of nitrogens with two attached hydrogens (primary N) is 1. The van der Waals surface area contributed by atoms with Gasteiger partial charge in [0.2, 0.25) is 0 Å². The van der Waals surface area contributed by atoms with Crippen LogP contribution in [0.25, 0.3) is 5.57 Å². The molecule has 3 heteroatoms. The Kier molecular flexibility index (Phi) is 2.15. The Balaban J connectivity index is 2.13. The predicted octanol–water partition coefficient (Wildman–Crippen LogP) is 2.84. The third-order valence-electron chi connectivity index (χ3n) is 2.91. The summed E-state index contributed by atoms with van der Waals surface area (Å²) >= 11 is 1.79. The van der Waals surface area contributed by atoms with Crippen LogP contribution in [0.2, 0.25) is 0 Å². The minimum Gasteiger partial charge on any atom is -0.488 e. The van der Waals surface area contributed by atoms with Crippen molar-refractivity contribution in [2.75, 3.05) is 6.54 Å². The summed E-state index contributed by atoms with van der Waals surface area (Å²) in [7, 11) is 0. The molecule has 1 aliphatic heterocycles. The van der Waals surface area contributed by atoms with Gasteiger partial charge in [-0.15, -0.1) is 11.3 Å². The van der Waals surface area contributed by atoms with Crippen molar-refractivity contribution in [3.8, 4) is 0 Å². The summed E-state index contributed by atoms with van der Waals surface area (Å²) in [6, 6.07) is 2.13. The molecule has 1 aliphatic carbocycles. The molecule has 0 aromatic carbocycles. The molecule has 1 atom stereocenters. The highest BCUT2D eigenvalue weighted by Gasteiger charge is 2.27. The van der Waals surface area contributed by atoms with Gasteiger partial charge >= 0.3 is 0 Å². The van der Waals surface area contributed by atoms with Gasteiger partial charge in [0.25, 0.3) is 0 Å². The quantitative estimate of drug-likeness (QED) is 0.788. The summed E-state index contributed by atoms with van der Waals surface area (Å²) in [5.41, 5.74) is 8.27. The molecule has 15 heavy (non-hydrogen) atoms. The SMILES string of the molecule is NCC1OC2=C(C=CCC2)c2sccc21. The molecule has 0 fully saturated rings. The van der Waals surface area contributed by atoms with Crippen molar-refractivity contribution < 1.29 is 4.74 Å². The van der Waals surface area contributed by atoms with Gasteiger partial charge in [0.15, 0.2) is 0 Å². The molecule has 2 aliphatic rings. The Hall–Kier alpha value is -1.06. The fourth-order valence-corrected chi connectivity index (χ4v) is 3.17. The summed E-state index contributed by atoms with van der Waals surface area (Å²) in [5.74, 6) is 1.13. The maximum absolute atomic E-state index is 5.93. The zero-order valence-electron chi connectivity index (χ0n) is 8.40. The molecule has 1 unspecified atom stereocenters. The third-order valence-corrected chi connectivity index (χ3v) is 3.87. The maximum Gasteiger partial charge on any atom is 0.137 e. The number of ether oxygens (including phenoxy) is 1. The van der Waals surface area contributed by atoms with Gasteiger partial charge in [-0.2, -0.15) is 0 Å². The molecular weight excluding hydrogens is 206 g/mol. The lowest BCUT2D eigenvalue weighted by Crippen LogP contribution is -2.20. The second kappa shape index (κ2) is 3.51. The van der Waals surface area contributed by atoms with E-state index in [0.717, 1.165) is 18.6 Å². The molecule has 0 saturated carbocycles. The average molecular weight is 219 g/mol. The highest BCUT2D eigenvalue weighted by Crippen LogP contribution is 2.42. The van der Waals surface area contributed by atoms with Crippen molar-refractivity contribution >= 4 is 16.9 Å². The zero-order valence-corrected chi connectivity index (χ0v) is 9.22. The molecule has 2 nitrogen and oxygen atoms in total. The minimum absolute atomic E-state index is 0.0662. The molecular formula is C12H13NOS. The fourth-order valence-electron chi connectivity index (χ4n) is 2.17. The van der Waals surface area contributed by atoms with Crippen LogP contribution in [0.1, 0.15) is 29.4 Å². The van der Waals surface area contributed by atoms with Crippen molar-refractivity contribution in [2.45, 2.75) is 18.9 Å². The number of rotatable bonds is 1. The van der Waals surface area contributed by atoms with E-state index < -0.39 is 0 Å². The maximum atomic E-state index is 5.93. The lowest BCUT2D eigenvalue weighted by atomic mass is 9.96. The first-order valence-corrected chi connectivity index (χ1v) is 6.12. The van der Waals surface area contributed by atoms with Crippen molar-refractivity contribution in [1.29, 1.82) is 0 Å². The van der Waals surface area contributed by atoms with Gasteiger partial charge in [0.1, 0.15) is 11.9 Å². The van der Waals surface area contributed by atoms with E-state index in [1.54, 1.807) is 11.3 Å². The second-order valence-electron chi connectivity index (χ2n) is 3.83. The highest BCUT2D eigenvalue weighted by atomic mass is 32.1. The second-order valence-corrected chi connectivity index (χ2v) is 4.74. The van der Waals surface area contributed by atoms with E-state index in [4.69, 9.17) is 10.5 Å². The van der Waals surface area contributed by atoms with Crippen LogP contribution in [-0.4, -0.2) is 6.54 Å². The number of allylic oxidation sites excluding steroid dienone is 4. The molecule has 3 rings (SSSR count). The van der Waals surface area contributed by atoms with Gasteiger partial charge in [-0.3, -0.25) is 0 Å². The molecule has 0 amide bonds. The van der Waals surface area contributed by atoms with Crippen LogP contribution < -0.4 is 5.73 Å². The van der Waals surface area contributed by atoms with Gasteiger partial charge in [0.05, 0.1) is 0 Å². The molecule has 2 N–H and O–H groups in total. The first kappa shape index (κ1) is 9.19. The summed E-state index contributed by atoms with van der Waals surface area (Å²) in [6.45, 7) is 0.560. The Morgan fingerprint density at radius 3 is 3.33 bits per heavy atom. The van der Waals surface area contributed by atoms with E-state index >= 15 is 0 Å². The van der Waals surface area contributed by atoms with Crippen LogP contribution in [0.15, 0.2) is 29.4 Å². The number of thiophene rings is 1. The smallest absolute Gasteiger partial charge is 0.137 e. The number of hydrogen-bond acceptors (Lipinski definition) is 3. The van der Waals surface area contributed by atoms with Crippen LogP contribution in [0, 0.1) is 0 Å². The lowest BCUT2D eigenvalue weighted by molar-refractivity contribution is 0.114. The molecule has 2 heterocycles. The van der Waals surface area contributed by atoms with Crippen LogP contribution in [-0.2, 0) is 4.74 Å². The monoisotopic (exact) mass is 219 g/mol. The van der Waals surface area contributed by atoms with Gasteiger partial charge in [0, 0.05) is 29.0 Å². The molecule has 0 saturated heterocycles. The normalized spacial score (nSPS) is 23.4. The average Bonchev–Trinajstić information content (AvgIpc) is 2.77. The highest BCUT2D eigenvalue weighted by molar-refractivity contribution is 7.11. The topological polar surface area (TPSA) is 35.2 Å². The summed E-state index contributed by atoms with van der Waals surface area (Å²) in [5, 5.41) is 2.12. The third kappa shape index (κ3) is 1.34. The molecule has 1 aromatic heterocycles. The molecule has 78 valence electrons. The first-order chi connectivity index (χ1) is 7.40. The molecule has 0 radical (unpaired) electrons. The first-order valence-electron chi connectivity index (χ1n) is 5.24. The van der Waals surface area contributed by atoms with Gasteiger partial charge in [-0.25, -0.2) is 0 Å². The van der Waals surface area contributed by atoms with Crippen molar-refractivity contribution in [3.63, 3.8) is 0 Å². The zero-order chi connectivity index (χ0) is 10.3. The molecule has 0 bridgehead atoms. The van der Waals surface area contributed by atoms with Gasteiger partial charge in [-0.05, 0) is 17.9 Å². The standard InChI is InChI=1S/C12H13NOS/c13-7-11-9-5-6-15-12(9)8-3-1-2-4-10(8)14-11/h1,3,5-6,11H,2,4,7,13H2. The predicted molar refractivity (Wildman–Crippen MR) is 62.5 cm³/mol.